The summed E-state index contributed by atoms with van der Waals surface area (Å²) in [5, 5.41) is 3.33. The number of aryl methyl sites for hydroxylation is 2. The molecule has 0 spiro atoms. The zero-order valence-electron chi connectivity index (χ0n) is 16.2. The third kappa shape index (κ3) is 5.23. The second-order valence-electron chi connectivity index (χ2n) is 6.81. The lowest BCUT2D eigenvalue weighted by atomic mass is 10.1. The van der Waals surface area contributed by atoms with Gasteiger partial charge in [0.15, 0.2) is 0 Å². The van der Waals surface area contributed by atoms with E-state index in [-0.39, 0.29) is 11.9 Å². The molecule has 0 aliphatic carbocycles. The Morgan fingerprint density at radius 2 is 1.67 bits per heavy atom. The summed E-state index contributed by atoms with van der Waals surface area (Å²) in [6.07, 6.45) is 1.08. The van der Waals surface area contributed by atoms with E-state index in [2.05, 4.69) is 5.32 Å². The molecule has 2 aromatic rings. The van der Waals surface area contributed by atoms with E-state index in [0.29, 0.717) is 10.7 Å². The average Bonchev–Trinajstić information content (AvgIpc) is 2.57. The van der Waals surface area contributed by atoms with Crippen LogP contribution in [0.3, 0.4) is 0 Å². The van der Waals surface area contributed by atoms with Crippen molar-refractivity contribution in [1.29, 1.82) is 0 Å². The van der Waals surface area contributed by atoms with Crippen LogP contribution < -0.4 is 9.62 Å². The first-order chi connectivity index (χ1) is 12.5. The van der Waals surface area contributed by atoms with E-state index >= 15 is 0 Å². The Morgan fingerprint density at radius 1 is 1.07 bits per heavy atom. The van der Waals surface area contributed by atoms with Crippen LogP contribution in [-0.4, -0.2) is 26.6 Å². The fourth-order valence-corrected chi connectivity index (χ4v) is 4.14. The predicted molar refractivity (Wildman–Crippen MR) is 111 cm³/mol. The van der Waals surface area contributed by atoms with Gasteiger partial charge in [0.25, 0.3) is 0 Å². The van der Waals surface area contributed by atoms with Crippen LogP contribution in [0, 0.1) is 13.8 Å². The number of hydrogen-bond donors (Lipinski definition) is 1. The topological polar surface area (TPSA) is 66.5 Å². The number of hydrogen-bond acceptors (Lipinski definition) is 3. The van der Waals surface area contributed by atoms with Crippen molar-refractivity contribution in [2.24, 2.45) is 0 Å². The molecule has 0 unspecified atom stereocenters. The summed E-state index contributed by atoms with van der Waals surface area (Å²) in [5.74, 6) is -0.384. The first kappa shape index (κ1) is 21.3. The van der Waals surface area contributed by atoms with E-state index in [9.17, 15) is 13.2 Å². The standard InChI is InChI=1S/C20H25ClN2O3S/c1-13-6-9-17(10-7-13)15(3)22-20(24)16(4)23(27(5,25)26)18-11-8-14(2)19(21)12-18/h6-12,15-16H,1-5H3,(H,22,24)/t15-,16-/m1/s1. The van der Waals surface area contributed by atoms with Crippen LogP contribution in [-0.2, 0) is 14.8 Å². The fraction of sp³-hybridized carbons (Fsp3) is 0.350. The van der Waals surface area contributed by atoms with Crippen molar-refractivity contribution in [3.63, 3.8) is 0 Å². The molecule has 2 atom stereocenters. The highest BCUT2D eigenvalue weighted by Crippen LogP contribution is 2.27. The van der Waals surface area contributed by atoms with Gasteiger partial charge in [-0.2, -0.15) is 0 Å². The van der Waals surface area contributed by atoms with Crippen LogP contribution in [0.1, 0.15) is 36.6 Å². The number of amides is 1. The van der Waals surface area contributed by atoms with Gasteiger partial charge in [-0.25, -0.2) is 8.42 Å². The van der Waals surface area contributed by atoms with Gasteiger partial charge in [-0.3, -0.25) is 9.10 Å². The Bertz CT molecular complexity index is 927. The molecule has 0 heterocycles. The Balaban J connectivity index is 2.26. The van der Waals surface area contributed by atoms with Gasteiger partial charge in [-0.1, -0.05) is 47.5 Å². The number of nitrogens with one attached hydrogen (secondary N) is 1. The van der Waals surface area contributed by atoms with Crippen molar-refractivity contribution < 1.29 is 13.2 Å². The first-order valence-electron chi connectivity index (χ1n) is 8.63. The summed E-state index contributed by atoms with van der Waals surface area (Å²) in [6.45, 7) is 7.25. The Morgan fingerprint density at radius 3 is 2.19 bits per heavy atom. The molecular weight excluding hydrogens is 384 g/mol. The van der Waals surface area contributed by atoms with E-state index in [4.69, 9.17) is 11.6 Å². The molecule has 146 valence electrons. The number of halogens is 1. The van der Waals surface area contributed by atoms with E-state index in [1.54, 1.807) is 25.1 Å². The maximum absolute atomic E-state index is 12.8. The highest BCUT2D eigenvalue weighted by Gasteiger charge is 2.30. The average molecular weight is 409 g/mol. The molecule has 2 aromatic carbocycles. The molecule has 0 aliphatic rings. The summed E-state index contributed by atoms with van der Waals surface area (Å²) in [5.41, 5.74) is 3.27. The predicted octanol–water partition coefficient (Wildman–Crippen LogP) is 3.99. The third-order valence-electron chi connectivity index (χ3n) is 4.43. The Hall–Kier alpha value is -2.05. The van der Waals surface area contributed by atoms with E-state index in [1.165, 1.54) is 0 Å². The second-order valence-corrected chi connectivity index (χ2v) is 9.08. The van der Waals surface area contributed by atoms with Crippen molar-refractivity contribution in [2.45, 2.75) is 39.8 Å². The summed E-state index contributed by atoms with van der Waals surface area (Å²) in [7, 11) is -3.68. The van der Waals surface area contributed by atoms with Crippen molar-refractivity contribution >= 4 is 33.2 Å². The number of rotatable bonds is 6. The van der Waals surface area contributed by atoms with E-state index in [0.717, 1.165) is 27.3 Å². The minimum absolute atomic E-state index is 0.247. The van der Waals surface area contributed by atoms with E-state index in [1.807, 2.05) is 45.0 Å². The maximum atomic E-state index is 12.8. The molecule has 5 nitrogen and oxygen atoms in total. The monoisotopic (exact) mass is 408 g/mol. The molecule has 0 saturated carbocycles. The van der Waals surface area contributed by atoms with Crippen LogP contribution in [0.25, 0.3) is 0 Å². The van der Waals surface area contributed by atoms with Gasteiger partial charge < -0.3 is 5.32 Å². The summed E-state index contributed by atoms with van der Waals surface area (Å²) >= 11 is 6.15. The zero-order valence-corrected chi connectivity index (χ0v) is 17.7. The number of carbonyl (C=O) groups is 1. The van der Waals surface area contributed by atoms with Gasteiger partial charge in [-0.15, -0.1) is 0 Å². The molecule has 0 radical (unpaired) electrons. The highest BCUT2D eigenvalue weighted by molar-refractivity contribution is 7.92. The van der Waals surface area contributed by atoms with Crippen LogP contribution >= 0.6 is 11.6 Å². The molecule has 2 rings (SSSR count). The number of carbonyl (C=O) groups excluding carboxylic acids is 1. The lowest BCUT2D eigenvalue weighted by molar-refractivity contribution is -0.122. The molecule has 1 N–H and O–H groups in total. The summed E-state index contributed by atoms with van der Waals surface area (Å²) < 4.78 is 25.8. The van der Waals surface area contributed by atoms with Gasteiger partial charge in [-0.05, 0) is 51.0 Å². The van der Waals surface area contributed by atoms with Crippen LogP contribution in [0.2, 0.25) is 5.02 Å². The molecule has 0 bridgehead atoms. The quantitative estimate of drug-likeness (QED) is 0.785. The van der Waals surface area contributed by atoms with E-state index < -0.39 is 16.1 Å². The first-order valence-corrected chi connectivity index (χ1v) is 10.9. The van der Waals surface area contributed by atoms with Gasteiger partial charge in [0.2, 0.25) is 15.9 Å². The lowest BCUT2D eigenvalue weighted by Crippen LogP contribution is -2.48. The molecule has 0 saturated heterocycles. The minimum atomic E-state index is -3.68. The molecule has 7 heteroatoms. The van der Waals surface area contributed by atoms with Gasteiger partial charge in [0.05, 0.1) is 18.0 Å². The van der Waals surface area contributed by atoms with Gasteiger partial charge in [0, 0.05) is 5.02 Å². The van der Waals surface area contributed by atoms with Crippen molar-refractivity contribution in [3.8, 4) is 0 Å². The highest BCUT2D eigenvalue weighted by atomic mass is 35.5. The number of anilines is 1. The molecule has 0 aromatic heterocycles. The van der Waals surface area contributed by atoms with Crippen molar-refractivity contribution in [2.75, 3.05) is 10.6 Å². The molecule has 0 aliphatic heterocycles. The smallest absolute Gasteiger partial charge is 0.244 e. The maximum Gasteiger partial charge on any atom is 0.244 e. The number of sulfonamides is 1. The summed E-state index contributed by atoms with van der Waals surface area (Å²) in [4.78, 5) is 12.8. The Kier molecular flexibility index (Phi) is 6.54. The lowest BCUT2D eigenvalue weighted by Gasteiger charge is -2.29. The molecule has 1 amide bonds. The minimum Gasteiger partial charge on any atom is -0.348 e. The largest absolute Gasteiger partial charge is 0.348 e. The Labute approximate surface area is 166 Å². The van der Waals surface area contributed by atoms with Gasteiger partial charge in [0.1, 0.15) is 6.04 Å². The zero-order chi connectivity index (χ0) is 20.4. The summed E-state index contributed by atoms with van der Waals surface area (Å²) in [6, 6.07) is 11.6. The third-order valence-corrected chi connectivity index (χ3v) is 6.08. The SMILES string of the molecule is Cc1ccc([C@@H](C)NC(=O)[C@@H](C)N(c2ccc(C)c(Cl)c2)S(C)(=O)=O)cc1. The van der Waals surface area contributed by atoms with Crippen LogP contribution in [0.15, 0.2) is 42.5 Å². The fourth-order valence-electron chi connectivity index (χ4n) is 2.80. The van der Waals surface area contributed by atoms with Crippen molar-refractivity contribution in [1.82, 2.24) is 5.32 Å². The number of benzene rings is 2. The molecule has 0 fully saturated rings. The van der Waals surface area contributed by atoms with Crippen LogP contribution in [0.5, 0.6) is 0 Å². The van der Waals surface area contributed by atoms with Crippen LogP contribution in [0.4, 0.5) is 5.69 Å². The normalized spacial score (nSPS) is 13.7. The molecular formula is C20H25ClN2O3S. The van der Waals surface area contributed by atoms with Gasteiger partial charge >= 0.3 is 0 Å². The second kappa shape index (κ2) is 8.31. The molecule has 27 heavy (non-hydrogen) atoms. The van der Waals surface area contributed by atoms with Crippen molar-refractivity contribution in [3.05, 3.63) is 64.2 Å². The number of nitrogens with zero attached hydrogens (tertiary/aromatic N) is 1.